The van der Waals surface area contributed by atoms with Crippen molar-refractivity contribution in [1.82, 2.24) is 0 Å². The Balaban J connectivity index is 1.94. The maximum atomic E-state index is 11.2. The molecule has 92 valence electrons. The Kier molecular flexibility index (Phi) is 4.02. The van der Waals surface area contributed by atoms with Gasteiger partial charge in [-0.25, -0.2) is 0 Å². The van der Waals surface area contributed by atoms with Crippen LogP contribution in [0.15, 0.2) is 18.2 Å². The van der Waals surface area contributed by atoms with Crippen molar-refractivity contribution in [2.45, 2.75) is 39.0 Å². The van der Waals surface area contributed by atoms with E-state index in [0.29, 0.717) is 6.42 Å². The fourth-order valence-corrected chi connectivity index (χ4v) is 1.99. The molecule has 1 aromatic carbocycles. The number of ether oxygens (including phenoxy) is 1. The first-order chi connectivity index (χ1) is 8.29. The molecule has 0 radical (unpaired) electrons. The molecule has 1 aliphatic heterocycles. The summed E-state index contributed by atoms with van der Waals surface area (Å²) in [7, 11) is 0. The molecular formula is C14H19NO2. The first-order valence-electron chi connectivity index (χ1n) is 6.35. The lowest BCUT2D eigenvalue weighted by molar-refractivity contribution is -0.116. The minimum Gasteiger partial charge on any atom is -0.494 e. The number of anilines is 1. The van der Waals surface area contributed by atoms with Gasteiger partial charge in [0.15, 0.2) is 0 Å². The Morgan fingerprint density at radius 2 is 2.18 bits per heavy atom. The summed E-state index contributed by atoms with van der Waals surface area (Å²) in [6.45, 7) is 2.96. The van der Waals surface area contributed by atoms with Crippen LogP contribution in [0.1, 0.15) is 38.2 Å². The third-order valence-electron chi connectivity index (χ3n) is 2.99. The van der Waals surface area contributed by atoms with Crippen molar-refractivity contribution < 1.29 is 9.53 Å². The number of amides is 1. The predicted molar refractivity (Wildman–Crippen MR) is 68.4 cm³/mol. The van der Waals surface area contributed by atoms with Crippen LogP contribution in [0, 0.1) is 0 Å². The average Bonchev–Trinajstić information content (AvgIpc) is 2.35. The number of carbonyl (C=O) groups is 1. The van der Waals surface area contributed by atoms with Crippen LogP contribution in [0.5, 0.6) is 5.75 Å². The lowest BCUT2D eigenvalue weighted by atomic mass is 10.0. The molecule has 3 heteroatoms. The summed E-state index contributed by atoms with van der Waals surface area (Å²) in [4.78, 5) is 11.2. The number of carbonyl (C=O) groups excluding carboxylic acids is 1. The average molecular weight is 233 g/mol. The van der Waals surface area contributed by atoms with E-state index in [4.69, 9.17) is 4.74 Å². The molecule has 1 amide bonds. The van der Waals surface area contributed by atoms with Gasteiger partial charge in [-0.05, 0) is 36.6 Å². The van der Waals surface area contributed by atoms with Gasteiger partial charge in [0.05, 0.1) is 6.61 Å². The van der Waals surface area contributed by atoms with Crippen molar-refractivity contribution in [1.29, 1.82) is 0 Å². The fourth-order valence-electron chi connectivity index (χ4n) is 1.99. The summed E-state index contributed by atoms with van der Waals surface area (Å²) < 4.78 is 5.69. The van der Waals surface area contributed by atoms with Crippen LogP contribution in [-0.4, -0.2) is 12.5 Å². The molecule has 1 N–H and O–H groups in total. The first-order valence-corrected chi connectivity index (χ1v) is 6.35. The van der Waals surface area contributed by atoms with Gasteiger partial charge in [0.25, 0.3) is 0 Å². The number of aryl methyl sites for hydroxylation is 1. The summed E-state index contributed by atoms with van der Waals surface area (Å²) in [5.74, 6) is 1.02. The van der Waals surface area contributed by atoms with Crippen LogP contribution in [0.3, 0.4) is 0 Å². The molecule has 3 nitrogen and oxygen atoms in total. The van der Waals surface area contributed by atoms with E-state index in [1.165, 1.54) is 18.4 Å². The monoisotopic (exact) mass is 233 g/mol. The summed E-state index contributed by atoms with van der Waals surface area (Å²) in [6.07, 6.45) is 4.91. The number of nitrogens with one attached hydrogen (secondary N) is 1. The third kappa shape index (κ3) is 3.22. The van der Waals surface area contributed by atoms with Crippen molar-refractivity contribution in [3.63, 3.8) is 0 Å². The SMILES string of the molecule is CCCCCOc1ccc2c(c1)CCC(=O)N2. The molecule has 1 aromatic rings. The Labute approximate surface area is 102 Å². The van der Waals surface area contributed by atoms with Crippen LogP contribution in [0.25, 0.3) is 0 Å². The zero-order valence-corrected chi connectivity index (χ0v) is 10.3. The van der Waals surface area contributed by atoms with E-state index in [0.717, 1.165) is 30.9 Å². The van der Waals surface area contributed by atoms with Crippen molar-refractivity contribution >= 4 is 11.6 Å². The minimum atomic E-state index is 0.106. The van der Waals surface area contributed by atoms with E-state index in [1.54, 1.807) is 0 Å². The van der Waals surface area contributed by atoms with Crippen molar-refractivity contribution in [2.24, 2.45) is 0 Å². The maximum Gasteiger partial charge on any atom is 0.224 e. The van der Waals surface area contributed by atoms with E-state index >= 15 is 0 Å². The molecule has 0 spiro atoms. The smallest absolute Gasteiger partial charge is 0.224 e. The topological polar surface area (TPSA) is 38.3 Å². The summed E-state index contributed by atoms with van der Waals surface area (Å²) in [5, 5.41) is 2.87. The molecule has 17 heavy (non-hydrogen) atoms. The Bertz CT molecular complexity index is 401. The highest BCUT2D eigenvalue weighted by Crippen LogP contribution is 2.26. The first kappa shape index (κ1) is 12.0. The molecular weight excluding hydrogens is 214 g/mol. The fraction of sp³-hybridized carbons (Fsp3) is 0.500. The third-order valence-corrected chi connectivity index (χ3v) is 2.99. The van der Waals surface area contributed by atoms with Gasteiger partial charge in [0.1, 0.15) is 5.75 Å². The Morgan fingerprint density at radius 3 is 3.00 bits per heavy atom. The second-order valence-electron chi connectivity index (χ2n) is 4.42. The van der Waals surface area contributed by atoms with Gasteiger partial charge in [0, 0.05) is 12.1 Å². The number of fused-ring (bicyclic) bond motifs is 1. The zero-order valence-electron chi connectivity index (χ0n) is 10.3. The summed E-state index contributed by atoms with van der Waals surface area (Å²) in [6, 6.07) is 5.90. The van der Waals surface area contributed by atoms with Gasteiger partial charge < -0.3 is 10.1 Å². The molecule has 0 aromatic heterocycles. The number of unbranched alkanes of at least 4 members (excludes halogenated alkanes) is 2. The molecule has 0 saturated carbocycles. The highest BCUT2D eigenvalue weighted by atomic mass is 16.5. The molecule has 0 unspecified atom stereocenters. The van der Waals surface area contributed by atoms with Crippen LogP contribution < -0.4 is 10.1 Å². The van der Waals surface area contributed by atoms with Gasteiger partial charge >= 0.3 is 0 Å². The standard InChI is InChI=1S/C14H19NO2/c1-2-3-4-9-17-12-6-7-13-11(10-12)5-8-14(16)15-13/h6-7,10H,2-5,8-9H2,1H3,(H,15,16). The van der Waals surface area contributed by atoms with Gasteiger partial charge in [-0.1, -0.05) is 19.8 Å². The van der Waals surface area contributed by atoms with Crippen molar-refractivity contribution in [3.05, 3.63) is 23.8 Å². The number of benzene rings is 1. The van der Waals surface area contributed by atoms with Crippen LogP contribution in [0.4, 0.5) is 5.69 Å². The molecule has 0 aliphatic carbocycles. The molecule has 0 bridgehead atoms. The largest absolute Gasteiger partial charge is 0.494 e. The Hall–Kier alpha value is -1.51. The molecule has 0 atom stereocenters. The molecule has 1 heterocycles. The maximum absolute atomic E-state index is 11.2. The lowest BCUT2D eigenvalue weighted by Crippen LogP contribution is -2.18. The number of rotatable bonds is 5. The van der Waals surface area contributed by atoms with Crippen LogP contribution in [0.2, 0.25) is 0 Å². The van der Waals surface area contributed by atoms with Gasteiger partial charge in [-0.3, -0.25) is 4.79 Å². The highest BCUT2D eigenvalue weighted by Gasteiger charge is 2.14. The van der Waals surface area contributed by atoms with Gasteiger partial charge in [-0.15, -0.1) is 0 Å². The molecule has 0 fully saturated rings. The Morgan fingerprint density at radius 1 is 1.29 bits per heavy atom. The summed E-state index contributed by atoms with van der Waals surface area (Å²) in [5.41, 5.74) is 2.11. The van der Waals surface area contributed by atoms with Crippen LogP contribution >= 0.6 is 0 Å². The van der Waals surface area contributed by atoms with E-state index in [9.17, 15) is 4.79 Å². The van der Waals surface area contributed by atoms with E-state index < -0.39 is 0 Å². The lowest BCUT2D eigenvalue weighted by Gasteiger charge is -2.17. The quantitative estimate of drug-likeness (QED) is 0.793. The highest BCUT2D eigenvalue weighted by molar-refractivity contribution is 5.93. The molecule has 2 rings (SSSR count). The van der Waals surface area contributed by atoms with E-state index in [2.05, 4.69) is 12.2 Å². The number of hydrogen-bond donors (Lipinski definition) is 1. The van der Waals surface area contributed by atoms with Gasteiger partial charge in [0.2, 0.25) is 5.91 Å². The normalized spacial score (nSPS) is 14.1. The van der Waals surface area contributed by atoms with E-state index in [-0.39, 0.29) is 5.91 Å². The minimum absolute atomic E-state index is 0.106. The molecule has 1 aliphatic rings. The van der Waals surface area contributed by atoms with Crippen LogP contribution in [-0.2, 0) is 11.2 Å². The second kappa shape index (κ2) is 5.71. The second-order valence-corrected chi connectivity index (χ2v) is 4.42. The zero-order chi connectivity index (χ0) is 12.1. The predicted octanol–water partition coefficient (Wildman–Crippen LogP) is 3.14. The number of hydrogen-bond acceptors (Lipinski definition) is 2. The van der Waals surface area contributed by atoms with Crippen molar-refractivity contribution in [2.75, 3.05) is 11.9 Å². The van der Waals surface area contributed by atoms with Crippen molar-refractivity contribution in [3.8, 4) is 5.75 Å². The molecule has 0 saturated heterocycles. The van der Waals surface area contributed by atoms with Gasteiger partial charge in [-0.2, -0.15) is 0 Å². The van der Waals surface area contributed by atoms with E-state index in [1.807, 2.05) is 18.2 Å². The summed E-state index contributed by atoms with van der Waals surface area (Å²) >= 11 is 0.